The summed E-state index contributed by atoms with van der Waals surface area (Å²) in [5.74, 6) is -0.391. The van der Waals surface area contributed by atoms with E-state index < -0.39 is 6.04 Å². The Bertz CT molecular complexity index is 778. The maximum Gasteiger partial charge on any atom is 0.253 e. The van der Waals surface area contributed by atoms with Crippen LogP contribution >= 0.6 is 11.6 Å². The lowest BCUT2D eigenvalue weighted by atomic mass is 10.0. The van der Waals surface area contributed by atoms with Crippen molar-refractivity contribution in [3.63, 3.8) is 0 Å². The summed E-state index contributed by atoms with van der Waals surface area (Å²) in [4.78, 5) is 26.4. The molecule has 6 heteroatoms. The van der Waals surface area contributed by atoms with Gasteiger partial charge in [-0.25, -0.2) is 0 Å². The summed E-state index contributed by atoms with van der Waals surface area (Å²) in [7, 11) is 1.73. The second kappa shape index (κ2) is 8.83. The summed E-state index contributed by atoms with van der Waals surface area (Å²) in [5.41, 5.74) is 7.84. The SMILES string of the molecule is CC(C)N(C)C(=O)c1ccc(Cl)c(NC(=O)CC(N)c2ccccc2)c1. The molecule has 0 aliphatic heterocycles. The van der Waals surface area contributed by atoms with Crippen molar-refractivity contribution in [1.82, 2.24) is 4.90 Å². The van der Waals surface area contributed by atoms with Crippen molar-refractivity contribution in [3.05, 3.63) is 64.7 Å². The predicted octanol–water partition coefficient (Wildman–Crippen LogP) is 3.85. The number of amides is 2. The summed E-state index contributed by atoms with van der Waals surface area (Å²) < 4.78 is 0. The van der Waals surface area contributed by atoms with Gasteiger partial charge in [0, 0.05) is 31.1 Å². The Morgan fingerprint density at radius 1 is 1.15 bits per heavy atom. The molecule has 0 radical (unpaired) electrons. The molecule has 5 nitrogen and oxygen atoms in total. The fourth-order valence-electron chi connectivity index (χ4n) is 2.41. The second-order valence-corrected chi connectivity index (χ2v) is 6.88. The fraction of sp³-hybridized carbons (Fsp3) is 0.300. The Kier molecular flexibility index (Phi) is 6.77. The number of rotatable bonds is 6. The molecule has 2 aromatic rings. The summed E-state index contributed by atoms with van der Waals surface area (Å²) in [6.07, 6.45) is 0.115. The summed E-state index contributed by atoms with van der Waals surface area (Å²) in [6.45, 7) is 3.86. The molecule has 0 aliphatic carbocycles. The van der Waals surface area contributed by atoms with Crippen LogP contribution in [-0.4, -0.2) is 29.8 Å². The highest BCUT2D eigenvalue weighted by Crippen LogP contribution is 2.25. The van der Waals surface area contributed by atoms with Crippen LogP contribution in [0.3, 0.4) is 0 Å². The molecule has 0 heterocycles. The van der Waals surface area contributed by atoms with E-state index in [0.29, 0.717) is 16.3 Å². The van der Waals surface area contributed by atoms with Crippen LogP contribution in [0.2, 0.25) is 5.02 Å². The summed E-state index contributed by atoms with van der Waals surface area (Å²) in [5, 5.41) is 3.12. The molecule has 1 atom stereocenters. The number of nitrogens with zero attached hydrogens (tertiary/aromatic N) is 1. The zero-order chi connectivity index (χ0) is 19.3. The highest BCUT2D eigenvalue weighted by molar-refractivity contribution is 6.33. The number of carbonyl (C=O) groups excluding carboxylic acids is 2. The van der Waals surface area contributed by atoms with Crippen molar-refractivity contribution in [3.8, 4) is 0 Å². The predicted molar refractivity (Wildman–Crippen MR) is 105 cm³/mol. The molecule has 2 amide bonds. The first-order valence-electron chi connectivity index (χ1n) is 8.46. The zero-order valence-electron chi connectivity index (χ0n) is 15.2. The van der Waals surface area contributed by atoms with Crippen molar-refractivity contribution in [2.75, 3.05) is 12.4 Å². The summed E-state index contributed by atoms with van der Waals surface area (Å²) >= 11 is 6.17. The number of anilines is 1. The average Bonchev–Trinajstić information content (AvgIpc) is 2.62. The molecule has 0 aromatic heterocycles. The van der Waals surface area contributed by atoms with Gasteiger partial charge in [0.15, 0.2) is 0 Å². The van der Waals surface area contributed by atoms with E-state index in [1.54, 1.807) is 30.1 Å². The number of halogens is 1. The van der Waals surface area contributed by atoms with Gasteiger partial charge in [0.25, 0.3) is 5.91 Å². The van der Waals surface area contributed by atoms with E-state index in [2.05, 4.69) is 5.32 Å². The van der Waals surface area contributed by atoms with Crippen LogP contribution < -0.4 is 11.1 Å². The summed E-state index contributed by atoms with van der Waals surface area (Å²) in [6, 6.07) is 13.9. The molecule has 0 fully saturated rings. The highest BCUT2D eigenvalue weighted by atomic mass is 35.5. The lowest BCUT2D eigenvalue weighted by Crippen LogP contribution is -2.33. The van der Waals surface area contributed by atoms with E-state index in [1.807, 2.05) is 44.2 Å². The molecule has 0 saturated heterocycles. The van der Waals surface area contributed by atoms with Gasteiger partial charge in [0.05, 0.1) is 10.7 Å². The van der Waals surface area contributed by atoms with Crippen molar-refractivity contribution in [1.29, 1.82) is 0 Å². The number of nitrogens with two attached hydrogens (primary N) is 1. The Labute approximate surface area is 159 Å². The van der Waals surface area contributed by atoms with Crippen LogP contribution in [0, 0.1) is 0 Å². The number of hydrogen-bond donors (Lipinski definition) is 2. The van der Waals surface area contributed by atoms with Crippen LogP contribution in [0.1, 0.15) is 42.2 Å². The molecule has 138 valence electrons. The van der Waals surface area contributed by atoms with Crippen LogP contribution in [0.4, 0.5) is 5.69 Å². The Balaban J connectivity index is 2.10. The molecule has 3 N–H and O–H groups in total. The molecular weight excluding hydrogens is 350 g/mol. The van der Waals surface area contributed by atoms with E-state index in [-0.39, 0.29) is 24.3 Å². The molecule has 1 unspecified atom stereocenters. The first-order valence-corrected chi connectivity index (χ1v) is 8.84. The molecule has 0 bridgehead atoms. The van der Waals surface area contributed by atoms with Crippen LogP contribution in [-0.2, 0) is 4.79 Å². The molecule has 0 spiro atoms. The van der Waals surface area contributed by atoms with Crippen molar-refractivity contribution in [2.45, 2.75) is 32.4 Å². The van der Waals surface area contributed by atoms with Gasteiger partial charge in [0.1, 0.15) is 0 Å². The van der Waals surface area contributed by atoms with Gasteiger partial charge in [-0.05, 0) is 37.6 Å². The van der Waals surface area contributed by atoms with Gasteiger partial charge in [-0.1, -0.05) is 41.9 Å². The highest BCUT2D eigenvalue weighted by Gasteiger charge is 2.17. The lowest BCUT2D eigenvalue weighted by molar-refractivity contribution is -0.116. The largest absolute Gasteiger partial charge is 0.339 e. The van der Waals surface area contributed by atoms with E-state index in [9.17, 15) is 9.59 Å². The molecule has 2 aromatic carbocycles. The number of benzene rings is 2. The maximum absolute atomic E-state index is 12.4. The molecule has 0 saturated carbocycles. The quantitative estimate of drug-likeness (QED) is 0.807. The maximum atomic E-state index is 12.4. The fourth-order valence-corrected chi connectivity index (χ4v) is 2.58. The van der Waals surface area contributed by atoms with E-state index >= 15 is 0 Å². The number of carbonyl (C=O) groups is 2. The first-order chi connectivity index (χ1) is 12.3. The van der Waals surface area contributed by atoms with Gasteiger partial charge in [0.2, 0.25) is 5.91 Å². The minimum Gasteiger partial charge on any atom is -0.339 e. The van der Waals surface area contributed by atoms with E-state index in [4.69, 9.17) is 17.3 Å². The molecule has 0 aliphatic rings. The van der Waals surface area contributed by atoms with Gasteiger partial charge >= 0.3 is 0 Å². The van der Waals surface area contributed by atoms with Gasteiger partial charge in [-0.3, -0.25) is 9.59 Å². The molecule has 26 heavy (non-hydrogen) atoms. The Morgan fingerprint density at radius 2 is 1.81 bits per heavy atom. The van der Waals surface area contributed by atoms with Gasteiger partial charge in [-0.2, -0.15) is 0 Å². The minimum absolute atomic E-state index is 0.0695. The van der Waals surface area contributed by atoms with Crippen LogP contribution in [0.5, 0.6) is 0 Å². The van der Waals surface area contributed by atoms with Gasteiger partial charge in [-0.15, -0.1) is 0 Å². The molecule has 2 rings (SSSR count). The third kappa shape index (κ3) is 5.07. The Morgan fingerprint density at radius 3 is 2.42 bits per heavy atom. The normalized spacial score (nSPS) is 11.9. The van der Waals surface area contributed by atoms with Gasteiger partial charge < -0.3 is 16.0 Å². The average molecular weight is 374 g/mol. The van der Waals surface area contributed by atoms with E-state index in [0.717, 1.165) is 5.56 Å². The third-order valence-corrected chi connectivity index (χ3v) is 4.54. The smallest absolute Gasteiger partial charge is 0.253 e. The van der Waals surface area contributed by atoms with Crippen LogP contribution in [0.15, 0.2) is 48.5 Å². The topological polar surface area (TPSA) is 75.4 Å². The number of nitrogens with one attached hydrogen (secondary N) is 1. The number of hydrogen-bond acceptors (Lipinski definition) is 3. The second-order valence-electron chi connectivity index (χ2n) is 6.47. The first kappa shape index (κ1) is 19.9. The minimum atomic E-state index is -0.410. The Hall–Kier alpha value is -2.37. The van der Waals surface area contributed by atoms with E-state index in [1.165, 1.54) is 0 Å². The monoisotopic (exact) mass is 373 g/mol. The van der Waals surface area contributed by atoms with Crippen molar-refractivity contribution >= 4 is 29.1 Å². The standard InChI is InChI=1S/C20H24ClN3O2/c1-13(2)24(3)20(26)15-9-10-16(21)18(11-15)23-19(25)12-17(22)14-7-5-4-6-8-14/h4-11,13,17H,12,22H2,1-3H3,(H,23,25). The van der Waals surface area contributed by atoms with Crippen molar-refractivity contribution < 1.29 is 9.59 Å². The zero-order valence-corrected chi connectivity index (χ0v) is 16.0. The van der Waals surface area contributed by atoms with Crippen molar-refractivity contribution in [2.24, 2.45) is 5.73 Å². The molecular formula is C20H24ClN3O2. The van der Waals surface area contributed by atoms with Crippen LogP contribution in [0.25, 0.3) is 0 Å². The third-order valence-electron chi connectivity index (χ3n) is 4.22. The lowest BCUT2D eigenvalue weighted by Gasteiger charge is -2.22.